The predicted octanol–water partition coefficient (Wildman–Crippen LogP) is 2.92. The van der Waals surface area contributed by atoms with E-state index in [4.69, 9.17) is 10.5 Å². The summed E-state index contributed by atoms with van der Waals surface area (Å²) in [5.74, 6) is 0.875. The third-order valence-electron chi connectivity index (χ3n) is 3.39. The van der Waals surface area contributed by atoms with Gasteiger partial charge in [-0.3, -0.25) is 0 Å². The molecule has 0 unspecified atom stereocenters. The molecule has 0 saturated heterocycles. The van der Waals surface area contributed by atoms with Crippen molar-refractivity contribution < 1.29 is 4.74 Å². The zero-order valence-electron chi connectivity index (χ0n) is 10.3. The minimum atomic E-state index is 0.247. The van der Waals surface area contributed by atoms with E-state index in [-0.39, 0.29) is 6.10 Å². The first-order chi connectivity index (χ1) is 8.83. The topological polar surface area (TPSA) is 61.0 Å². The molecule has 0 spiro atoms. The van der Waals surface area contributed by atoms with Crippen LogP contribution >= 0.6 is 0 Å². The molecule has 1 fully saturated rings. The molecule has 1 aliphatic carbocycles. The Kier molecular flexibility index (Phi) is 3.00. The Bertz CT molecular complexity index is 550. The molecule has 0 bridgehead atoms. The van der Waals surface area contributed by atoms with Gasteiger partial charge in [0.25, 0.3) is 5.88 Å². The summed E-state index contributed by atoms with van der Waals surface area (Å²) in [5, 5.41) is 0. The summed E-state index contributed by atoms with van der Waals surface area (Å²) < 4.78 is 5.90. The molecule has 2 N–H and O–H groups in total. The van der Waals surface area contributed by atoms with Gasteiger partial charge in [-0.2, -0.15) is 0 Å². The van der Waals surface area contributed by atoms with Gasteiger partial charge in [0.1, 0.15) is 6.10 Å². The molecule has 0 amide bonds. The van der Waals surface area contributed by atoms with Gasteiger partial charge in [-0.1, -0.05) is 18.6 Å². The Labute approximate surface area is 106 Å². The lowest BCUT2D eigenvalue weighted by Crippen LogP contribution is -2.21. The quantitative estimate of drug-likeness (QED) is 0.881. The summed E-state index contributed by atoms with van der Waals surface area (Å²) in [5.41, 5.74) is 7.55. The number of ether oxygens (including phenoxy) is 1. The van der Waals surface area contributed by atoms with Gasteiger partial charge in [-0.25, -0.2) is 9.97 Å². The van der Waals surface area contributed by atoms with Crippen molar-refractivity contribution in [1.82, 2.24) is 9.97 Å². The molecule has 1 aliphatic rings. The molecule has 1 aromatic heterocycles. The molecule has 1 heterocycles. The molecule has 94 valence electrons. The van der Waals surface area contributed by atoms with Crippen molar-refractivity contribution in [2.75, 3.05) is 5.73 Å². The van der Waals surface area contributed by atoms with Crippen LogP contribution in [-0.4, -0.2) is 16.1 Å². The van der Waals surface area contributed by atoms with E-state index in [0.29, 0.717) is 11.7 Å². The first-order valence-corrected chi connectivity index (χ1v) is 6.52. The summed E-state index contributed by atoms with van der Waals surface area (Å²) in [7, 11) is 0. The number of hydrogen-bond donors (Lipinski definition) is 1. The van der Waals surface area contributed by atoms with Crippen molar-refractivity contribution in [3.05, 3.63) is 24.3 Å². The fourth-order valence-corrected chi connectivity index (χ4v) is 2.43. The average molecular weight is 243 g/mol. The SMILES string of the molecule is Nc1nc2ccccc2nc1OC1CCCCC1. The summed E-state index contributed by atoms with van der Waals surface area (Å²) in [6.45, 7) is 0. The molecule has 18 heavy (non-hydrogen) atoms. The van der Waals surface area contributed by atoms with E-state index in [1.165, 1.54) is 19.3 Å². The number of benzene rings is 1. The van der Waals surface area contributed by atoms with E-state index in [9.17, 15) is 0 Å². The molecule has 0 radical (unpaired) electrons. The van der Waals surface area contributed by atoms with Crippen LogP contribution in [0.2, 0.25) is 0 Å². The highest BCUT2D eigenvalue weighted by molar-refractivity contribution is 5.76. The maximum absolute atomic E-state index is 5.91. The van der Waals surface area contributed by atoms with E-state index < -0.39 is 0 Å². The number of nitrogen functional groups attached to an aromatic ring is 1. The zero-order valence-corrected chi connectivity index (χ0v) is 10.3. The van der Waals surface area contributed by atoms with Crippen LogP contribution < -0.4 is 10.5 Å². The van der Waals surface area contributed by atoms with Crippen LogP contribution in [0.15, 0.2) is 24.3 Å². The lowest BCUT2D eigenvalue weighted by Gasteiger charge is -2.22. The first kappa shape index (κ1) is 11.3. The van der Waals surface area contributed by atoms with Crippen molar-refractivity contribution in [2.24, 2.45) is 0 Å². The van der Waals surface area contributed by atoms with Crippen molar-refractivity contribution in [1.29, 1.82) is 0 Å². The lowest BCUT2D eigenvalue weighted by atomic mass is 9.98. The number of aromatic nitrogens is 2. The molecular formula is C14H17N3O. The number of fused-ring (bicyclic) bond motifs is 1. The Balaban J connectivity index is 1.88. The normalized spacial score (nSPS) is 16.9. The van der Waals surface area contributed by atoms with Crippen LogP contribution in [0.4, 0.5) is 5.82 Å². The number of para-hydroxylation sites is 2. The molecule has 4 heteroatoms. The smallest absolute Gasteiger partial charge is 0.258 e. The second-order valence-corrected chi connectivity index (χ2v) is 4.78. The van der Waals surface area contributed by atoms with Crippen LogP contribution in [0.25, 0.3) is 11.0 Å². The molecule has 1 saturated carbocycles. The second-order valence-electron chi connectivity index (χ2n) is 4.78. The fraction of sp³-hybridized carbons (Fsp3) is 0.429. The number of anilines is 1. The highest BCUT2D eigenvalue weighted by atomic mass is 16.5. The maximum atomic E-state index is 5.91. The summed E-state index contributed by atoms with van der Waals surface area (Å²) in [4.78, 5) is 8.79. The molecule has 0 atom stereocenters. The van der Waals surface area contributed by atoms with E-state index in [2.05, 4.69) is 9.97 Å². The van der Waals surface area contributed by atoms with Gasteiger partial charge in [0, 0.05) is 0 Å². The average Bonchev–Trinajstić information content (AvgIpc) is 2.41. The third-order valence-corrected chi connectivity index (χ3v) is 3.39. The van der Waals surface area contributed by atoms with Gasteiger partial charge < -0.3 is 10.5 Å². The highest BCUT2D eigenvalue weighted by Gasteiger charge is 2.17. The van der Waals surface area contributed by atoms with Crippen LogP contribution in [0.5, 0.6) is 5.88 Å². The largest absolute Gasteiger partial charge is 0.472 e. The second kappa shape index (κ2) is 4.80. The predicted molar refractivity (Wildman–Crippen MR) is 71.5 cm³/mol. The first-order valence-electron chi connectivity index (χ1n) is 6.52. The summed E-state index contributed by atoms with van der Waals surface area (Å²) >= 11 is 0. The lowest BCUT2D eigenvalue weighted by molar-refractivity contribution is 0.150. The highest BCUT2D eigenvalue weighted by Crippen LogP contribution is 2.26. The van der Waals surface area contributed by atoms with Crippen molar-refractivity contribution in [3.8, 4) is 5.88 Å². The molecule has 2 aromatic rings. The molecule has 0 aliphatic heterocycles. The van der Waals surface area contributed by atoms with Crippen molar-refractivity contribution in [3.63, 3.8) is 0 Å². The number of hydrogen-bond acceptors (Lipinski definition) is 4. The van der Waals surface area contributed by atoms with Gasteiger partial charge in [0.2, 0.25) is 0 Å². The summed E-state index contributed by atoms with van der Waals surface area (Å²) in [6.07, 6.45) is 6.19. The zero-order chi connectivity index (χ0) is 12.4. The number of rotatable bonds is 2. The van der Waals surface area contributed by atoms with E-state index in [0.717, 1.165) is 23.9 Å². The Morgan fingerprint density at radius 3 is 2.39 bits per heavy atom. The Morgan fingerprint density at radius 1 is 1.00 bits per heavy atom. The van der Waals surface area contributed by atoms with Gasteiger partial charge in [-0.15, -0.1) is 0 Å². The van der Waals surface area contributed by atoms with E-state index >= 15 is 0 Å². The van der Waals surface area contributed by atoms with Gasteiger partial charge in [-0.05, 0) is 37.8 Å². The molecule has 1 aromatic carbocycles. The number of nitrogens with two attached hydrogens (primary N) is 1. The van der Waals surface area contributed by atoms with Gasteiger partial charge in [0.05, 0.1) is 11.0 Å². The third kappa shape index (κ3) is 2.23. The fourth-order valence-electron chi connectivity index (χ4n) is 2.43. The minimum Gasteiger partial charge on any atom is -0.472 e. The van der Waals surface area contributed by atoms with E-state index in [1.54, 1.807) is 0 Å². The monoisotopic (exact) mass is 243 g/mol. The summed E-state index contributed by atoms with van der Waals surface area (Å²) in [6, 6.07) is 7.70. The van der Waals surface area contributed by atoms with Gasteiger partial charge in [0.15, 0.2) is 5.82 Å². The van der Waals surface area contributed by atoms with Crippen LogP contribution in [0, 0.1) is 0 Å². The minimum absolute atomic E-state index is 0.247. The maximum Gasteiger partial charge on any atom is 0.258 e. The Morgan fingerprint density at radius 2 is 1.67 bits per heavy atom. The van der Waals surface area contributed by atoms with Crippen LogP contribution in [0.3, 0.4) is 0 Å². The molecule has 4 nitrogen and oxygen atoms in total. The Hall–Kier alpha value is -1.84. The molecule has 3 rings (SSSR count). The van der Waals surface area contributed by atoms with Crippen LogP contribution in [0.1, 0.15) is 32.1 Å². The number of nitrogens with zero attached hydrogens (tertiary/aromatic N) is 2. The van der Waals surface area contributed by atoms with E-state index in [1.807, 2.05) is 24.3 Å². The molecular weight excluding hydrogens is 226 g/mol. The van der Waals surface area contributed by atoms with Gasteiger partial charge >= 0.3 is 0 Å². The van der Waals surface area contributed by atoms with Crippen molar-refractivity contribution >= 4 is 16.9 Å². The van der Waals surface area contributed by atoms with Crippen LogP contribution in [-0.2, 0) is 0 Å². The standard InChI is InChI=1S/C14H17N3O/c15-13-14(18-10-6-2-1-3-7-10)17-12-9-5-4-8-11(12)16-13/h4-5,8-10H,1-3,6-7H2,(H2,15,16). The van der Waals surface area contributed by atoms with Crippen molar-refractivity contribution in [2.45, 2.75) is 38.2 Å².